The van der Waals surface area contributed by atoms with Gasteiger partial charge in [0.25, 0.3) is 0 Å². The Hall–Kier alpha value is -1.91. The van der Waals surface area contributed by atoms with Crippen LogP contribution in [0, 0.1) is 12.3 Å². The van der Waals surface area contributed by atoms with Crippen LogP contribution in [0.15, 0.2) is 42.6 Å². The molecule has 4 nitrogen and oxygen atoms in total. The number of hydrogen-bond acceptors (Lipinski definition) is 4. The normalized spacial score (nSPS) is 22.2. The van der Waals surface area contributed by atoms with Crippen LogP contribution in [0.1, 0.15) is 22.9 Å². The van der Waals surface area contributed by atoms with Crippen molar-refractivity contribution in [3.05, 3.63) is 59.4 Å². The summed E-state index contributed by atoms with van der Waals surface area (Å²) in [5, 5.41) is 10.8. The van der Waals surface area contributed by atoms with Gasteiger partial charge in [-0.25, -0.2) is 0 Å². The average Bonchev–Trinajstić information content (AvgIpc) is 2.54. The van der Waals surface area contributed by atoms with Crippen LogP contribution in [0.3, 0.4) is 0 Å². The number of hydrogen-bond donors (Lipinski definition) is 2. The monoisotopic (exact) mass is 284 g/mol. The standard InChI is InChI=1S/C17H20N2O2/c1-12-6-7-14(9-19-12)16(20)17(10-18)8-13-4-2-3-5-15(13)21-11-17/h2-7,9,16,20H,8,10-11,18H2,1H3. The zero-order chi connectivity index (χ0) is 14.9. The van der Waals surface area contributed by atoms with Gasteiger partial charge in [0, 0.05) is 18.4 Å². The first-order valence-corrected chi connectivity index (χ1v) is 7.16. The summed E-state index contributed by atoms with van der Waals surface area (Å²) in [7, 11) is 0. The van der Waals surface area contributed by atoms with Gasteiger partial charge < -0.3 is 15.6 Å². The molecule has 2 aromatic rings. The van der Waals surface area contributed by atoms with E-state index in [1.807, 2.05) is 43.3 Å². The fourth-order valence-corrected chi connectivity index (χ4v) is 2.86. The van der Waals surface area contributed by atoms with Gasteiger partial charge in [-0.1, -0.05) is 24.3 Å². The van der Waals surface area contributed by atoms with Gasteiger partial charge in [0.15, 0.2) is 0 Å². The minimum absolute atomic E-state index is 0.358. The number of aliphatic hydroxyl groups excluding tert-OH is 1. The molecule has 1 aliphatic heterocycles. The van der Waals surface area contributed by atoms with Gasteiger partial charge in [-0.05, 0) is 36.6 Å². The van der Waals surface area contributed by atoms with Crippen molar-refractivity contribution in [1.29, 1.82) is 0 Å². The van der Waals surface area contributed by atoms with E-state index in [-0.39, 0.29) is 0 Å². The quantitative estimate of drug-likeness (QED) is 0.904. The van der Waals surface area contributed by atoms with Crippen LogP contribution >= 0.6 is 0 Å². The molecule has 0 radical (unpaired) electrons. The van der Waals surface area contributed by atoms with E-state index in [1.165, 1.54) is 0 Å². The first-order valence-electron chi connectivity index (χ1n) is 7.16. The molecule has 0 bridgehead atoms. The van der Waals surface area contributed by atoms with Crippen molar-refractivity contribution >= 4 is 0 Å². The Labute approximate surface area is 124 Å². The number of fused-ring (bicyclic) bond motifs is 1. The van der Waals surface area contributed by atoms with Gasteiger partial charge in [-0.3, -0.25) is 4.98 Å². The SMILES string of the molecule is Cc1ccc(C(O)C2(CN)COc3ccccc3C2)cn1. The van der Waals surface area contributed by atoms with E-state index in [2.05, 4.69) is 4.98 Å². The predicted octanol–water partition coefficient (Wildman–Crippen LogP) is 2.00. The number of rotatable bonds is 3. The molecule has 1 aromatic carbocycles. The van der Waals surface area contributed by atoms with Crippen LogP contribution in [0.5, 0.6) is 5.75 Å². The van der Waals surface area contributed by atoms with Crippen LogP contribution in [0.25, 0.3) is 0 Å². The van der Waals surface area contributed by atoms with Gasteiger partial charge in [-0.15, -0.1) is 0 Å². The highest BCUT2D eigenvalue weighted by Gasteiger charge is 2.42. The van der Waals surface area contributed by atoms with Gasteiger partial charge in [-0.2, -0.15) is 0 Å². The first kappa shape index (κ1) is 14.0. The molecule has 1 aromatic heterocycles. The summed E-state index contributed by atoms with van der Waals surface area (Å²) < 4.78 is 5.84. The lowest BCUT2D eigenvalue weighted by Gasteiger charge is -2.40. The molecule has 1 aliphatic rings. The number of nitrogens with two attached hydrogens (primary N) is 1. The van der Waals surface area contributed by atoms with E-state index >= 15 is 0 Å². The highest BCUT2D eigenvalue weighted by Crippen LogP contribution is 2.42. The molecule has 0 spiro atoms. The fraction of sp³-hybridized carbons (Fsp3) is 0.353. The van der Waals surface area contributed by atoms with E-state index in [4.69, 9.17) is 10.5 Å². The van der Waals surface area contributed by atoms with Crippen molar-refractivity contribution in [3.8, 4) is 5.75 Å². The van der Waals surface area contributed by atoms with Crippen LogP contribution in [0.2, 0.25) is 0 Å². The minimum Gasteiger partial charge on any atom is -0.493 e. The van der Waals surface area contributed by atoms with E-state index < -0.39 is 11.5 Å². The molecular weight excluding hydrogens is 264 g/mol. The molecule has 0 aliphatic carbocycles. The van der Waals surface area contributed by atoms with Gasteiger partial charge >= 0.3 is 0 Å². The number of pyridine rings is 1. The molecule has 2 unspecified atom stereocenters. The Morgan fingerprint density at radius 2 is 2.14 bits per heavy atom. The molecule has 0 fully saturated rings. The van der Waals surface area contributed by atoms with Crippen molar-refractivity contribution in [2.45, 2.75) is 19.4 Å². The third-order valence-electron chi connectivity index (χ3n) is 4.27. The molecule has 0 saturated heterocycles. The summed E-state index contributed by atoms with van der Waals surface area (Å²) in [4.78, 5) is 4.26. The summed E-state index contributed by atoms with van der Waals surface area (Å²) in [6.07, 6.45) is 1.73. The summed E-state index contributed by atoms with van der Waals surface area (Å²) in [6, 6.07) is 11.7. The summed E-state index contributed by atoms with van der Waals surface area (Å²) in [5.74, 6) is 0.885. The highest BCUT2D eigenvalue weighted by molar-refractivity contribution is 5.37. The third-order valence-corrected chi connectivity index (χ3v) is 4.27. The Bertz CT molecular complexity index is 627. The molecule has 3 N–H and O–H groups in total. The molecule has 2 atom stereocenters. The second kappa shape index (κ2) is 5.47. The molecule has 21 heavy (non-hydrogen) atoms. The van der Waals surface area contributed by atoms with Crippen LogP contribution < -0.4 is 10.5 Å². The Balaban J connectivity index is 1.93. The van der Waals surface area contributed by atoms with Crippen LogP contribution in [-0.2, 0) is 6.42 Å². The van der Waals surface area contributed by atoms with E-state index in [9.17, 15) is 5.11 Å². The number of para-hydroxylation sites is 1. The lowest BCUT2D eigenvalue weighted by molar-refractivity contribution is -0.0163. The minimum atomic E-state index is -0.691. The van der Waals surface area contributed by atoms with Crippen molar-refractivity contribution in [1.82, 2.24) is 4.98 Å². The van der Waals surface area contributed by atoms with Crippen molar-refractivity contribution in [3.63, 3.8) is 0 Å². The summed E-state index contributed by atoms with van der Waals surface area (Å²) >= 11 is 0. The smallest absolute Gasteiger partial charge is 0.122 e. The molecule has 0 saturated carbocycles. The second-order valence-corrected chi connectivity index (χ2v) is 5.78. The van der Waals surface area contributed by atoms with E-state index in [0.717, 1.165) is 22.6 Å². The summed E-state index contributed by atoms with van der Waals surface area (Å²) in [6.45, 7) is 2.70. The fourth-order valence-electron chi connectivity index (χ4n) is 2.86. The Morgan fingerprint density at radius 1 is 1.33 bits per heavy atom. The van der Waals surface area contributed by atoms with Crippen LogP contribution in [-0.4, -0.2) is 23.2 Å². The number of aromatic nitrogens is 1. The van der Waals surface area contributed by atoms with Gasteiger partial charge in [0.05, 0.1) is 18.1 Å². The first-order chi connectivity index (χ1) is 10.1. The van der Waals surface area contributed by atoms with Gasteiger partial charge in [0.2, 0.25) is 0 Å². The number of aryl methyl sites for hydroxylation is 1. The maximum atomic E-state index is 10.8. The molecule has 4 heteroatoms. The molecular formula is C17H20N2O2. The predicted molar refractivity (Wildman–Crippen MR) is 81.1 cm³/mol. The Morgan fingerprint density at radius 3 is 2.86 bits per heavy atom. The van der Waals surface area contributed by atoms with E-state index in [0.29, 0.717) is 19.6 Å². The van der Waals surface area contributed by atoms with Crippen molar-refractivity contribution in [2.75, 3.05) is 13.2 Å². The van der Waals surface area contributed by atoms with E-state index in [1.54, 1.807) is 6.20 Å². The Kier molecular flexibility index (Phi) is 3.66. The van der Waals surface area contributed by atoms with Crippen molar-refractivity contribution < 1.29 is 9.84 Å². The number of aliphatic hydroxyl groups is 1. The topological polar surface area (TPSA) is 68.4 Å². The number of nitrogens with zero attached hydrogens (tertiary/aromatic N) is 1. The lowest BCUT2D eigenvalue weighted by Crippen LogP contribution is -2.46. The maximum absolute atomic E-state index is 10.8. The van der Waals surface area contributed by atoms with Crippen LogP contribution in [0.4, 0.5) is 0 Å². The molecule has 110 valence electrons. The second-order valence-electron chi connectivity index (χ2n) is 5.78. The largest absolute Gasteiger partial charge is 0.493 e. The zero-order valence-corrected chi connectivity index (χ0v) is 12.1. The van der Waals surface area contributed by atoms with Crippen molar-refractivity contribution in [2.24, 2.45) is 11.1 Å². The number of benzene rings is 1. The van der Waals surface area contributed by atoms with Gasteiger partial charge in [0.1, 0.15) is 5.75 Å². The molecule has 0 amide bonds. The summed E-state index contributed by atoms with van der Waals surface area (Å²) in [5.41, 5.74) is 8.30. The average molecular weight is 284 g/mol. The highest BCUT2D eigenvalue weighted by atomic mass is 16.5. The molecule has 3 rings (SSSR count). The molecule has 2 heterocycles. The third kappa shape index (κ3) is 2.52. The zero-order valence-electron chi connectivity index (χ0n) is 12.1. The maximum Gasteiger partial charge on any atom is 0.122 e. The number of ether oxygens (including phenoxy) is 1. The lowest BCUT2D eigenvalue weighted by atomic mass is 9.73.